The Morgan fingerprint density at radius 3 is 1.12 bits per heavy atom. The van der Waals surface area contributed by atoms with Gasteiger partial charge in [0.05, 0.1) is 88.3 Å². The third-order valence-electron chi connectivity index (χ3n) is 21.4. The summed E-state index contributed by atoms with van der Waals surface area (Å²) in [6.45, 7) is 67.6. The average molecular weight is 2100 g/mol. The monoisotopic (exact) mass is 2100 g/mol. The van der Waals surface area contributed by atoms with E-state index >= 15 is 0 Å². The zero-order chi connectivity index (χ0) is 116. The maximum absolute atomic E-state index is 11.6. The second-order valence-corrected chi connectivity index (χ2v) is 34.4. The molecule has 1 aliphatic carbocycles. The van der Waals surface area contributed by atoms with E-state index in [0.717, 1.165) is 88.5 Å². The van der Waals surface area contributed by atoms with Crippen LogP contribution in [0, 0.1) is 105 Å². The van der Waals surface area contributed by atoms with Gasteiger partial charge in [-0.3, -0.25) is 43.2 Å². The number of nitriles is 4. The summed E-state index contributed by atoms with van der Waals surface area (Å²) < 4.78 is 73.2. The molecule has 150 heavy (non-hydrogen) atoms. The Kier molecular flexibility index (Phi) is 86.8. The topological polar surface area (TPSA) is 535 Å². The summed E-state index contributed by atoms with van der Waals surface area (Å²) in [4.78, 5) is 181. The van der Waals surface area contributed by atoms with Gasteiger partial charge >= 0.3 is 96.2 Å². The lowest BCUT2D eigenvalue weighted by Crippen LogP contribution is -2.37. The molecule has 0 bridgehead atoms. The molecule has 0 spiro atoms. The average Bonchev–Trinajstić information content (AvgIpc) is 0.838. The maximum atomic E-state index is 11.6. The van der Waals surface area contributed by atoms with Gasteiger partial charge < -0.3 is 86.5 Å². The number of esters is 14. The van der Waals surface area contributed by atoms with Crippen molar-refractivity contribution in [2.75, 3.05) is 91.1 Å². The summed E-state index contributed by atoms with van der Waals surface area (Å²) in [6.07, 6.45) is 13.4. The van der Waals surface area contributed by atoms with Crippen LogP contribution < -0.4 is 20.1 Å². The van der Waals surface area contributed by atoms with E-state index in [2.05, 4.69) is 63.9 Å². The molecule has 9 unspecified atom stereocenters. The van der Waals surface area contributed by atoms with Crippen LogP contribution in [0.5, 0.6) is 11.5 Å². The summed E-state index contributed by atoms with van der Waals surface area (Å²) in [5.74, 6) is -4.98. The van der Waals surface area contributed by atoms with Crippen molar-refractivity contribution in [3.63, 3.8) is 0 Å². The first kappa shape index (κ1) is 146. The van der Waals surface area contributed by atoms with E-state index in [1.54, 1.807) is 121 Å². The van der Waals surface area contributed by atoms with Crippen molar-refractivity contribution in [3.8, 4) is 35.8 Å². The Morgan fingerprint density at radius 1 is 0.420 bits per heavy atom. The standard InChI is InChI=1S/C14H23NO6.C12H14N2O.2C12H13NO2.C12H19NO2.C12H20O4.C11H18O4.2C10H16O4.C7H11NO2/c1-5-11(4)13(17)20-8-9-21-14(18)15-6-7-19-12(16)10(2)3;1-3-9(2)12(15)14-11-6-4-10(8-13)5-7-11;1-3-9(2)12(14)15-11-6-4-10(8-13)5-7-11;1-3-9(2)12(14)15-11-7-5-4-6-10(11)8-13;1-3-10(2)11(14)15-12(9-13)7-5-4-6-8-12;1-6-12(4,5)11(14)16-8-7-15-10(13)9(2)3;1-5-9(4)11(13)15-7-6-14-10(12)8(2)3;2*1-4-8(3)10(12)14-7-6-13-9(11)5-2;1-4-6(2)10-7(9)5-8-3/h11H,2,5-9H2,1,3-4H3,(H,15,18);4-7,9H,3H2,1-2H3,(H,14,15);2*4-7,9H,3H2,1-2H3;10H,3-8H2,1-2H3;2,6-8H2,1,3-5H3;9H,2,5-7H2,1,3-4H3;2*5,8H,2,4,6-7H2,1,3H3;6H,4-5H2,1-2H3. The van der Waals surface area contributed by atoms with Gasteiger partial charge in [0.2, 0.25) is 5.91 Å². The summed E-state index contributed by atoms with van der Waals surface area (Å²) in [5.41, 5.74) is 1.92. The number of anilines is 1. The van der Waals surface area contributed by atoms with E-state index in [9.17, 15) is 76.7 Å². The summed E-state index contributed by atoms with van der Waals surface area (Å²) in [6, 6.07) is 28.3. The highest BCUT2D eigenvalue weighted by Crippen LogP contribution is 2.32. The lowest BCUT2D eigenvalue weighted by molar-refractivity contribution is -0.161. The van der Waals surface area contributed by atoms with E-state index < -0.39 is 52.9 Å². The smallest absolute Gasteiger partial charge is 0.407 e. The number of alkyl carbamates (subject to hydrolysis) is 1. The normalized spacial score (nSPS) is 12.4. The van der Waals surface area contributed by atoms with Gasteiger partial charge in [0.15, 0.2) is 5.60 Å². The molecule has 0 aromatic heterocycles. The first-order valence-electron chi connectivity index (χ1n) is 50.0. The SMILES string of the molecule is C=C(C)C(=O)OCCNC(=O)OCCOC(=O)C(C)CC.C=C(C)C(=O)OCCOC(=O)C(C)(C)CC.C=C(C)C(=O)OCCOC(=O)C(C)CC.C=CC(=O)OCCOC(=O)C(C)CC.C=CC(=O)OCCOC(=O)C(C)CC.CCC(C)C(=O)Nc1ccc(C#N)cc1.CCC(C)C(=O)OC1(C#N)CCCCC1.CCC(C)C(=O)Oc1ccc(C#N)cc1.CCC(C)C(=O)Oc1ccccc1C#N.[C-]#[N+]CC(=O)OC(C)CC. The molecule has 2 N–H and O–H groups in total. The van der Waals surface area contributed by atoms with Crippen LogP contribution in [0.4, 0.5) is 10.5 Å². The molecule has 0 aliphatic heterocycles. The summed E-state index contributed by atoms with van der Waals surface area (Å²) >= 11 is 0. The van der Waals surface area contributed by atoms with Gasteiger partial charge in [-0.2, -0.15) is 21.0 Å². The van der Waals surface area contributed by atoms with Crippen LogP contribution in [-0.2, 0) is 133 Å². The fraction of sp³-hybridized carbons (Fsp3) is 0.562. The van der Waals surface area contributed by atoms with Crippen LogP contribution in [0.15, 0.2) is 135 Å². The predicted molar refractivity (Wildman–Crippen MR) is 562 cm³/mol. The van der Waals surface area contributed by atoms with Gasteiger partial charge in [-0.15, -0.1) is 0 Å². The minimum Gasteiger partial charge on any atom is -0.462 e. The molecule has 3 aromatic rings. The number of para-hydroxylation sites is 1. The zero-order valence-corrected chi connectivity index (χ0v) is 92.5. The van der Waals surface area contributed by atoms with Crippen molar-refractivity contribution in [2.45, 2.75) is 274 Å². The Morgan fingerprint density at radius 2 is 0.767 bits per heavy atom. The molecule has 38 nitrogen and oxygen atoms in total. The number of nitrogens with one attached hydrogen (secondary N) is 2. The Bertz CT molecular complexity index is 4730. The minimum absolute atomic E-state index is 0.0145. The fourth-order valence-electron chi connectivity index (χ4n) is 9.11. The van der Waals surface area contributed by atoms with Crippen molar-refractivity contribution < 1.29 is 148 Å². The van der Waals surface area contributed by atoms with Gasteiger partial charge in [0, 0.05) is 53.3 Å². The van der Waals surface area contributed by atoms with Crippen molar-refractivity contribution in [3.05, 3.63) is 163 Å². The first-order valence-corrected chi connectivity index (χ1v) is 50.0. The number of hydrogen-bond donors (Lipinski definition) is 2. The van der Waals surface area contributed by atoms with E-state index in [1.165, 1.54) is 6.92 Å². The van der Waals surface area contributed by atoms with Crippen LogP contribution in [0.25, 0.3) is 4.85 Å². The van der Waals surface area contributed by atoms with Gasteiger partial charge in [0.25, 0.3) is 0 Å². The molecule has 0 saturated heterocycles. The van der Waals surface area contributed by atoms with Crippen molar-refractivity contribution in [2.24, 2.45) is 52.8 Å². The third kappa shape index (κ3) is 74.9. The summed E-state index contributed by atoms with van der Waals surface area (Å²) in [7, 11) is 0. The fourth-order valence-corrected chi connectivity index (χ4v) is 9.11. The molecule has 2 amide bonds. The highest BCUT2D eigenvalue weighted by molar-refractivity contribution is 5.92. The second kappa shape index (κ2) is 89.3. The molecular formula is C112H163N7O31. The highest BCUT2D eigenvalue weighted by atomic mass is 16.6. The summed E-state index contributed by atoms with van der Waals surface area (Å²) in [5, 5.41) is 40.3. The van der Waals surface area contributed by atoms with Crippen LogP contribution in [0.1, 0.15) is 279 Å². The zero-order valence-electron chi connectivity index (χ0n) is 92.5. The van der Waals surface area contributed by atoms with E-state index in [-0.39, 0.29) is 193 Å². The number of carbonyl (C=O) groups is 16. The second-order valence-electron chi connectivity index (χ2n) is 34.4. The van der Waals surface area contributed by atoms with Gasteiger partial charge in [-0.25, -0.2) is 40.1 Å². The molecule has 38 heteroatoms. The minimum atomic E-state index is -0.821. The Hall–Kier alpha value is -14.9. The van der Waals surface area contributed by atoms with Crippen LogP contribution in [-0.4, -0.2) is 193 Å². The molecule has 9 atom stereocenters. The lowest BCUT2D eigenvalue weighted by atomic mass is 9.85. The molecule has 832 valence electrons. The molecule has 3 aromatic carbocycles. The number of rotatable bonds is 48. The molecule has 1 saturated carbocycles. The number of amides is 2. The molecule has 1 fully saturated rings. The van der Waals surface area contributed by atoms with Crippen molar-refractivity contribution >= 4 is 101 Å². The molecular weight excluding hydrogens is 1940 g/mol. The largest absolute Gasteiger partial charge is 0.462 e. The van der Waals surface area contributed by atoms with Gasteiger partial charge in [0.1, 0.15) is 96.3 Å². The molecule has 0 radical (unpaired) electrons. The number of hydrogen-bond acceptors (Lipinski definition) is 35. The quantitative estimate of drug-likeness (QED) is 0.0132. The Labute approximate surface area is 887 Å². The number of nitrogens with zero attached hydrogens (tertiary/aromatic N) is 5. The molecule has 1 aliphatic rings. The van der Waals surface area contributed by atoms with Gasteiger partial charge in [-0.1, -0.05) is 176 Å². The molecule has 0 heterocycles. The Balaban J connectivity index is -0.000000385. The predicted octanol–water partition coefficient (Wildman–Crippen LogP) is 19.4. The van der Waals surface area contributed by atoms with Crippen molar-refractivity contribution in [1.29, 1.82) is 21.0 Å². The van der Waals surface area contributed by atoms with Crippen LogP contribution in [0.2, 0.25) is 0 Å². The number of ether oxygens (including phenoxy) is 15. The lowest BCUT2D eigenvalue weighted by Gasteiger charge is -2.31. The van der Waals surface area contributed by atoms with Crippen molar-refractivity contribution in [1.82, 2.24) is 5.32 Å². The van der Waals surface area contributed by atoms with E-state index in [1.807, 2.05) is 129 Å². The van der Waals surface area contributed by atoms with E-state index in [4.69, 9.17) is 89.2 Å². The maximum Gasteiger partial charge on any atom is 0.407 e. The van der Waals surface area contributed by atoms with E-state index in [0.29, 0.717) is 70.6 Å². The number of benzene rings is 3. The first-order chi connectivity index (χ1) is 70.8. The molecule has 4 rings (SSSR count). The number of carbonyl (C=O) groups excluding carboxylic acids is 16. The van der Waals surface area contributed by atoms with Crippen LogP contribution in [0.3, 0.4) is 0 Å². The third-order valence-corrected chi connectivity index (χ3v) is 21.4. The van der Waals surface area contributed by atoms with Crippen LogP contribution >= 0.6 is 0 Å². The highest BCUT2D eigenvalue weighted by Gasteiger charge is 2.37. The van der Waals surface area contributed by atoms with Gasteiger partial charge in [-0.05, 0) is 179 Å².